The van der Waals surface area contributed by atoms with Crippen molar-refractivity contribution in [2.24, 2.45) is 10.7 Å². The van der Waals surface area contributed by atoms with Crippen LogP contribution in [0.5, 0.6) is 0 Å². The second-order valence-corrected chi connectivity index (χ2v) is 7.53. The van der Waals surface area contributed by atoms with Crippen LogP contribution >= 0.6 is 24.0 Å². The maximum atomic E-state index is 6.12. The number of pyridine rings is 1. The van der Waals surface area contributed by atoms with E-state index in [0.717, 1.165) is 49.7 Å². The zero-order chi connectivity index (χ0) is 19.9. The highest BCUT2D eigenvalue weighted by Crippen LogP contribution is 2.21. The highest BCUT2D eigenvalue weighted by molar-refractivity contribution is 14.0. The number of hydrogen-bond donors (Lipinski definition) is 2. The van der Waals surface area contributed by atoms with Gasteiger partial charge in [0.05, 0.1) is 6.54 Å². The lowest BCUT2D eigenvalue weighted by Gasteiger charge is -2.34. The predicted octanol–water partition coefficient (Wildman–Crippen LogP) is 3.89. The van der Waals surface area contributed by atoms with Crippen LogP contribution in [-0.4, -0.2) is 49.1 Å². The number of aromatic nitrogens is 1. The van der Waals surface area contributed by atoms with Crippen LogP contribution in [-0.2, 0) is 6.54 Å². The van der Waals surface area contributed by atoms with Crippen molar-refractivity contribution in [3.05, 3.63) is 53.7 Å². The molecule has 6 nitrogen and oxygen atoms in total. The van der Waals surface area contributed by atoms with Crippen LogP contribution in [0.2, 0.25) is 0 Å². The van der Waals surface area contributed by atoms with E-state index in [9.17, 15) is 0 Å². The number of rotatable bonds is 6. The second-order valence-electron chi connectivity index (χ2n) is 7.53. The van der Waals surface area contributed by atoms with Gasteiger partial charge in [0, 0.05) is 43.6 Å². The number of piperazine rings is 1. The van der Waals surface area contributed by atoms with E-state index in [1.54, 1.807) is 0 Å². The highest BCUT2D eigenvalue weighted by atomic mass is 127. The summed E-state index contributed by atoms with van der Waals surface area (Å²) in [6, 6.07) is 12.5. The molecule has 0 bridgehead atoms. The first-order chi connectivity index (χ1) is 13.6. The molecule has 0 spiro atoms. The number of guanidine groups is 1. The fraction of sp³-hybridized carbons (Fsp3) is 0.455. The van der Waals surface area contributed by atoms with E-state index < -0.39 is 0 Å². The van der Waals surface area contributed by atoms with Crippen molar-refractivity contribution in [2.75, 3.05) is 43.4 Å². The van der Waals surface area contributed by atoms with E-state index in [2.05, 4.69) is 76.3 Å². The molecule has 1 aromatic heterocycles. The summed E-state index contributed by atoms with van der Waals surface area (Å²) < 4.78 is 0. The Morgan fingerprint density at radius 2 is 1.86 bits per heavy atom. The summed E-state index contributed by atoms with van der Waals surface area (Å²) >= 11 is 0. The largest absolute Gasteiger partial charge is 0.370 e. The van der Waals surface area contributed by atoms with Crippen molar-refractivity contribution < 1.29 is 0 Å². The molecule has 1 aliphatic rings. The maximum absolute atomic E-state index is 6.12. The van der Waals surface area contributed by atoms with Crippen molar-refractivity contribution in [1.82, 2.24) is 9.88 Å². The topological polar surface area (TPSA) is 69.8 Å². The smallest absolute Gasteiger partial charge is 0.193 e. The van der Waals surface area contributed by atoms with Gasteiger partial charge in [-0.2, -0.15) is 0 Å². The Morgan fingerprint density at radius 3 is 2.52 bits per heavy atom. The van der Waals surface area contributed by atoms with Crippen molar-refractivity contribution in [3.8, 4) is 0 Å². The average molecular weight is 508 g/mol. The molecule has 2 heterocycles. The first kappa shape index (κ1) is 23.4. The summed E-state index contributed by atoms with van der Waals surface area (Å²) in [5, 5.41) is 3.19. The van der Waals surface area contributed by atoms with Crippen LogP contribution in [0.3, 0.4) is 0 Å². The van der Waals surface area contributed by atoms with E-state index in [-0.39, 0.29) is 24.0 Å². The fourth-order valence-electron chi connectivity index (χ4n) is 3.35. The zero-order valence-corrected chi connectivity index (χ0v) is 20.0. The first-order valence-electron chi connectivity index (χ1n) is 10.1. The Morgan fingerprint density at radius 1 is 1.17 bits per heavy atom. The number of hydrogen-bond acceptors (Lipinski definition) is 4. The molecule has 0 saturated carbocycles. The number of benzene rings is 1. The van der Waals surface area contributed by atoms with Crippen molar-refractivity contribution in [1.29, 1.82) is 0 Å². The molecular formula is C22H33IN6. The van der Waals surface area contributed by atoms with E-state index in [0.29, 0.717) is 18.4 Å². The number of nitrogens with two attached hydrogens (primary N) is 1. The lowest BCUT2D eigenvalue weighted by atomic mass is 9.99. The summed E-state index contributed by atoms with van der Waals surface area (Å²) in [5.41, 5.74) is 9.52. The van der Waals surface area contributed by atoms with Gasteiger partial charge in [-0.1, -0.05) is 32.0 Å². The minimum absolute atomic E-state index is 0. The molecule has 1 aromatic carbocycles. The summed E-state index contributed by atoms with van der Waals surface area (Å²) in [7, 11) is 2.16. The molecule has 0 radical (unpaired) electrons. The van der Waals surface area contributed by atoms with E-state index in [4.69, 9.17) is 5.73 Å². The van der Waals surface area contributed by atoms with Crippen LogP contribution in [0.4, 0.5) is 11.5 Å². The molecular weight excluding hydrogens is 475 g/mol. The lowest BCUT2D eigenvalue weighted by Crippen LogP contribution is -2.45. The van der Waals surface area contributed by atoms with Crippen LogP contribution in [0.15, 0.2) is 47.6 Å². The third-order valence-corrected chi connectivity index (χ3v) is 5.45. The molecule has 1 saturated heterocycles. The van der Waals surface area contributed by atoms with Gasteiger partial charge in [0.2, 0.25) is 0 Å². The van der Waals surface area contributed by atoms with Crippen molar-refractivity contribution in [3.63, 3.8) is 0 Å². The molecule has 1 fully saturated rings. The molecule has 1 aliphatic heterocycles. The normalized spacial score (nSPS) is 16.2. The summed E-state index contributed by atoms with van der Waals surface area (Å²) in [4.78, 5) is 13.8. The monoisotopic (exact) mass is 508 g/mol. The quantitative estimate of drug-likeness (QED) is 0.352. The molecule has 29 heavy (non-hydrogen) atoms. The zero-order valence-electron chi connectivity index (χ0n) is 17.6. The molecule has 3 rings (SSSR count). The van der Waals surface area contributed by atoms with Crippen LogP contribution < -0.4 is 16.0 Å². The van der Waals surface area contributed by atoms with Crippen molar-refractivity contribution >= 4 is 41.4 Å². The minimum Gasteiger partial charge on any atom is -0.370 e. The Kier molecular flexibility index (Phi) is 9.16. The van der Waals surface area contributed by atoms with Gasteiger partial charge < -0.3 is 20.9 Å². The minimum atomic E-state index is 0. The second kappa shape index (κ2) is 11.3. The Bertz CT molecular complexity index is 784. The van der Waals surface area contributed by atoms with Gasteiger partial charge in [-0.15, -0.1) is 24.0 Å². The van der Waals surface area contributed by atoms with Gasteiger partial charge in [-0.05, 0) is 43.1 Å². The van der Waals surface area contributed by atoms with Crippen LogP contribution in [0, 0.1) is 0 Å². The molecule has 7 heteroatoms. The van der Waals surface area contributed by atoms with E-state index >= 15 is 0 Å². The van der Waals surface area contributed by atoms with E-state index in [1.807, 2.05) is 12.3 Å². The van der Waals surface area contributed by atoms with Crippen LogP contribution in [0.25, 0.3) is 0 Å². The fourth-order valence-corrected chi connectivity index (χ4v) is 3.35. The molecule has 1 atom stereocenters. The summed E-state index contributed by atoms with van der Waals surface area (Å²) in [6.07, 6.45) is 2.98. The molecule has 3 N–H and O–H groups in total. The molecule has 0 aliphatic carbocycles. The van der Waals surface area contributed by atoms with Crippen LogP contribution in [0.1, 0.15) is 37.3 Å². The summed E-state index contributed by atoms with van der Waals surface area (Å²) in [6.45, 7) is 9.03. The van der Waals surface area contributed by atoms with Gasteiger partial charge in [0.15, 0.2) is 5.96 Å². The lowest BCUT2D eigenvalue weighted by molar-refractivity contribution is 0.312. The molecule has 1 unspecified atom stereocenters. The number of nitrogens with zero attached hydrogens (tertiary/aromatic N) is 4. The average Bonchev–Trinajstić information content (AvgIpc) is 2.73. The number of nitrogens with one attached hydrogen (secondary N) is 1. The third-order valence-electron chi connectivity index (χ3n) is 5.45. The molecule has 158 valence electrons. The Hall–Kier alpha value is -1.87. The predicted molar refractivity (Wildman–Crippen MR) is 133 cm³/mol. The number of likely N-dealkylation sites (N-methyl/N-ethyl adjacent to an activating group) is 1. The summed E-state index contributed by atoms with van der Waals surface area (Å²) in [5.74, 6) is 2.01. The highest BCUT2D eigenvalue weighted by Gasteiger charge is 2.17. The first-order valence-corrected chi connectivity index (χ1v) is 10.1. The molecule has 0 amide bonds. The SMILES string of the molecule is CCC(C)c1ccc(NC(N)=NCc2cccnc2N2CCN(C)CC2)cc1.I. The van der Waals surface area contributed by atoms with Gasteiger partial charge in [0.25, 0.3) is 0 Å². The van der Waals surface area contributed by atoms with Gasteiger partial charge in [-0.25, -0.2) is 9.98 Å². The number of halogens is 1. The van der Waals surface area contributed by atoms with Gasteiger partial charge in [-0.3, -0.25) is 0 Å². The van der Waals surface area contributed by atoms with E-state index in [1.165, 1.54) is 5.56 Å². The Balaban J connectivity index is 0.00000300. The maximum Gasteiger partial charge on any atom is 0.193 e. The van der Waals surface area contributed by atoms with Crippen molar-refractivity contribution in [2.45, 2.75) is 32.7 Å². The Labute approximate surface area is 191 Å². The molecule has 2 aromatic rings. The number of anilines is 2. The van der Waals surface area contributed by atoms with Gasteiger partial charge in [0.1, 0.15) is 5.82 Å². The van der Waals surface area contributed by atoms with Gasteiger partial charge >= 0.3 is 0 Å². The standard InChI is InChI=1S/C22H32N6.HI/c1-4-17(2)18-7-9-20(10-8-18)26-22(23)25-16-19-6-5-11-24-21(19)28-14-12-27(3)13-15-28;/h5-11,17H,4,12-16H2,1-3H3,(H3,23,25,26);1H. The third kappa shape index (κ3) is 6.57. The number of aliphatic imine (C=N–C) groups is 1.